The van der Waals surface area contributed by atoms with Gasteiger partial charge in [0, 0.05) is 26.2 Å². The number of aromatic nitrogens is 1. The number of nitrogens with one attached hydrogen (secondary N) is 1. The number of hydrogen-bond donors (Lipinski definition) is 2. The molecule has 1 saturated heterocycles. The Morgan fingerprint density at radius 2 is 2.32 bits per heavy atom. The van der Waals surface area contributed by atoms with E-state index >= 15 is 0 Å². The van der Waals surface area contributed by atoms with E-state index in [1.54, 1.807) is 0 Å². The number of nitrogens with zero attached hydrogens (tertiary/aromatic N) is 4. The zero-order valence-electron chi connectivity index (χ0n) is 15.4. The minimum atomic E-state index is -0.634. The molecule has 1 atom stereocenters. The molecule has 0 aromatic carbocycles. The molecule has 1 amide bonds. The smallest absolute Gasteiger partial charge is 0.235 e. The molecule has 144 valence electrons. The van der Waals surface area contributed by atoms with Crippen LogP contribution in [0.4, 0.5) is 11.5 Å². The van der Waals surface area contributed by atoms with E-state index in [9.17, 15) is 10.1 Å². The highest BCUT2D eigenvalue weighted by molar-refractivity contribution is 8.00. The summed E-state index contributed by atoms with van der Waals surface area (Å²) in [5, 5.41) is 16.7. The number of amides is 1. The number of nitriles is 1. The van der Waals surface area contributed by atoms with Crippen LogP contribution in [0, 0.1) is 17.9 Å². The summed E-state index contributed by atoms with van der Waals surface area (Å²) in [7, 11) is 0. The molecule has 3 heterocycles. The largest absolute Gasteiger partial charge is 0.368 e. The van der Waals surface area contributed by atoms with Crippen molar-refractivity contribution in [3.8, 4) is 6.07 Å². The van der Waals surface area contributed by atoms with Gasteiger partial charge >= 0.3 is 0 Å². The molecule has 1 unspecified atom stereocenters. The third kappa shape index (κ3) is 3.97. The molecule has 0 aliphatic carbocycles. The topological polar surface area (TPSA) is 99.4 Å². The number of nitrogens with two attached hydrogens (primary N) is 1. The van der Waals surface area contributed by atoms with Crippen LogP contribution in [0.5, 0.6) is 0 Å². The van der Waals surface area contributed by atoms with E-state index in [-0.39, 0.29) is 0 Å². The first-order chi connectivity index (χ1) is 13.6. The quantitative estimate of drug-likeness (QED) is 0.559. The lowest BCUT2D eigenvalue weighted by Crippen LogP contribution is -2.44. The van der Waals surface area contributed by atoms with Crippen LogP contribution in [-0.4, -0.2) is 37.1 Å². The Bertz CT molecular complexity index is 939. The van der Waals surface area contributed by atoms with Crippen molar-refractivity contribution in [2.75, 3.05) is 31.1 Å². The minimum absolute atomic E-state index is 0.360. The normalized spacial score (nSPS) is 14.9. The number of rotatable bonds is 6. The molecule has 28 heavy (non-hydrogen) atoms. The third-order valence-electron chi connectivity index (χ3n) is 4.55. The van der Waals surface area contributed by atoms with Crippen LogP contribution >= 0.6 is 23.1 Å². The molecule has 1 aliphatic heterocycles. The van der Waals surface area contributed by atoms with Crippen molar-refractivity contribution in [2.24, 2.45) is 5.73 Å². The van der Waals surface area contributed by atoms with E-state index < -0.39 is 11.2 Å². The molecule has 0 saturated carbocycles. The van der Waals surface area contributed by atoms with Gasteiger partial charge in [0.05, 0.1) is 12.1 Å². The van der Waals surface area contributed by atoms with Crippen LogP contribution < -0.4 is 16.0 Å². The van der Waals surface area contributed by atoms with Crippen molar-refractivity contribution < 1.29 is 4.79 Å². The molecule has 0 spiro atoms. The van der Waals surface area contributed by atoms with E-state index in [1.165, 1.54) is 23.1 Å². The fraction of sp³-hybridized carbons (Fsp3) is 0.368. The Hall–Kier alpha value is -2.59. The second kappa shape index (κ2) is 9.07. The lowest BCUT2D eigenvalue weighted by atomic mass is 10.1. The van der Waals surface area contributed by atoms with Crippen molar-refractivity contribution in [2.45, 2.75) is 23.6 Å². The van der Waals surface area contributed by atoms with Gasteiger partial charge in [-0.3, -0.25) is 4.79 Å². The highest BCUT2D eigenvalue weighted by atomic mass is 32.2. The Kier molecular flexibility index (Phi) is 6.53. The van der Waals surface area contributed by atoms with E-state index in [0.29, 0.717) is 34.1 Å². The number of carbonyl (C=O) groups excluding carboxylic acids is 1. The Morgan fingerprint density at radius 1 is 1.57 bits per heavy atom. The fourth-order valence-electron chi connectivity index (χ4n) is 3.17. The van der Waals surface area contributed by atoms with Gasteiger partial charge in [0.15, 0.2) is 0 Å². The summed E-state index contributed by atoms with van der Waals surface area (Å²) in [6, 6.07) is 4.05. The molecule has 2 aromatic heterocycles. The third-order valence-corrected chi connectivity index (χ3v) is 6.51. The molecule has 0 bridgehead atoms. The maximum Gasteiger partial charge on any atom is 0.235 e. The minimum Gasteiger partial charge on any atom is -0.368 e. The van der Waals surface area contributed by atoms with E-state index in [0.717, 1.165) is 31.7 Å². The zero-order chi connectivity index (χ0) is 20.1. The zero-order valence-corrected chi connectivity index (χ0v) is 17.1. The average Bonchev–Trinajstić information content (AvgIpc) is 3.25. The summed E-state index contributed by atoms with van der Waals surface area (Å²) in [6.07, 6.45) is 0.537. The van der Waals surface area contributed by atoms with Gasteiger partial charge in [0.25, 0.3) is 0 Å². The summed E-state index contributed by atoms with van der Waals surface area (Å²) >= 11 is 2.67. The first-order valence-electron chi connectivity index (χ1n) is 8.88. The Morgan fingerprint density at radius 3 is 2.86 bits per heavy atom. The molecule has 7 nitrogen and oxygen atoms in total. The molecular formula is C19H20N6OS2. The summed E-state index contributed by atoms with van der Waals surface area (Å²) in [6.45, 7) is 12.7. The van der Waals surface area contributed by atoms with Crippen molar-refractivity contribution >= 4 is 40.5 Å². The summed E-state index contributed by atoms with van der Waals surface area (Å²) in [5.74, 6) is 0.105. The highest BCUT2D eigenvalue weighted by Gasteiger charge is 2.27. The van der Waals surface area contributed by atoms with Gasteiger partial charge in [0.1, 0.15) is 22.2 Å². The highest BCUT2D eigenvalue weighted by Crippen LogP contribution is 2.42. The summed E-state index contributed by atoms with van der Waals surface area (Å²) < 4.78 is 0. The van der Waals surface area contributed by atoms with Crippen molar-refractivity contribution in [1.82, 2.24) is 10.3 Å². The van der Waals surface area contributed by atoms with Crippen LogP contribution in [0.3, 0.4) is 0 Å². The van der Waals surface area contributed by atoms with Crippen LogP contribution in [0.1, 0.15) is 28.9 Å². The van der Waals surface area contributed by atoms with E-state index in [1.807, 2.05) is 23.8 Å². The molecule has 9 heteroatoms. The molecule has 0 radical (unpaired) electrons. The molecule has 2 aromatic rings. The molecule has 1 aliphatic rings. The van der Waals surface area contributed by atoms with Gasteiger partial charge in [-0.05, 0) is 34.4 Å². The second-order valence-corrected chi connectivity index (χ2v) is 8.09. The number of carbonyl (C=O) groups is 1. The van der Waals surface area contributed by atoms with Crippen LogP contribution in [0.15, 0.2) is 21.9 Å². The van der Waals surface area contributed by atoms with Gasteiger partial charge in [-0.2, -0.15) is 16.6 Å². The van der Waals surface area contributed by atoms with Gasteiger partial charge in [0.2, 0.25) is 11.6 Å². The number of thioether (sulfide) groups is 1. The monoisotopic (exact) mass is 412 g/mol. The van der Waals surface area contributed by atoms with Crippen molar-refractivity contribution in [3.05, 3.63) is 44.9 Å². The average molecular weight is 413 g/mol. The van der Waals surface area contributed by atoms with Crippen LogP contribution in [0.25, 0.3) is 4.85 Å². The standard InChI is InChI=1S/C19H20N6OS2/c1-3-13-14(10-20)19(28-16(17(21)26)12-4-9-27-11-12)24-18(15(13)22-2)25-7-5-23-6-8-25/h4,9,11,16,23H,3,5-8H2,1H3,(H2,21,26). The lowest BCUT2D eigenvalue weighted by Gasteiger charge is -2.30. The summed E-state index contributed by atoms with van der Waals surface area (Å²) in [5.41, 5.74) is 7.90. The number of thiophene rings is 1. The predicted octanol–water partition coefficient (Wildman–Crippen LogP) is 2.86. The lowest BCUT2D eigenvalue weighted by molar-refractivity contribution is -0.117. The van der Waals surface area contributed by atoms with Gasteiger partial charge < -0.3 is 16.0 Å². The SMILES string of the molecule is [C-]#[N+]c1c(N2CCNCC2)nc(SC(C(N)=O)c2ccsc2)c(C#N)c1CC. The molecular weight excluding hydrogens is 392 g/mol. The predicted molar refractivity (Wildman–Crippen MR) is 112 cm³/mol. The maximum absolute atomic E-state index is 12.1. The first-order valence-corrected chi connectivity index (χ1v) is 10.7. The molecule has 3 N–H and O–H groups in total. The van der Waals surface area contributed by atoms with Crippen LogP contribution in [0.2, 0.25) is 0 Å². The van der Waals surface area contributed by atoms with Crippen LogP contribution in [-0.2, 0) is 11.2 Å². The number of primary amides is 1. The number of anilines is 1. The van der Waals surface area contributed by atoms with Gasteiger partial charge in [-0.15, -0.1) is 0 Å². The Balaban J connectivity index is 2.12. The van der Waals surface area contributed by atoms with Crippen molar-refractivity contribution in [3.63, 3.8) is 0 Å². The first kappa shape index (κ1) is 20.2. The van der Waals surface area contributed by atoms with Crippen molar-refractivity contribution in [1.29, 1.82) is 5.26 Å². The molecule has 1 fully saturated rings. The van der Waals surface area contributed by atoms with Gasteiger partial charge in [-0.25, -0.2) is 9.83 Å². The van der Waals surface area contributed by atoms with E-state index in [4.69, 9.17) is 17.3 Å². The second-order valence-electron chi connectivity index (χ2n) is 6.21. The number of pyridine rings is 1. The molecule has 3 rings (SSSR count). The maximum atomic E-state index is 12.1. The number of piperazine rings is 1. The number of hydrogen-bond acceptors (Lipinski definition) is 7. The van der Waals surface area contributed by atoms with E-state index in [2.05, 4.69) is 21.1 Å². The fourth-order valence-corrected chi connectivity index (χ4v) is 4.99. The summed E-state index contributed by atoms with van der Waals surface area (Å²) in [4.78, 5) is 22.6. The van der Waals surface area contributed by atoms with Gasteiger partial charge in [-0.1, -0.05) is 18.7 Å². The Labute approximate surface area is 172 Å².